The first-order valence-corrected chi connectivity index (χ1v) is 6.03. The fourth-order valence-electron chi connectivity index (χ4n) is 1.45. The first-order chi connectivity index (χ1) is 9.19. The number of benzene rings is 1. The molecule has 1 aromatic rings. The Balaban J connectivity index is 2.56. The minimum Gasteiger partial charge on any atom is -0.444 e. The van der Waals surface area contributed by atoms with E-state index in [1.54, 1.807) is 0 Å². The van der Waals surface area contributed by atoms with Crippen LogP contribution in [0.3, 0.4) is 0 Å². The van der Waals surface area contributed by atoms with Crippen LogP contribution in [0.4, 0.5) is 4.79 Å². The highest BCUT2D eigenvalue weighted by molar-refractivity contribution is 5.98. The maximum Gasteiger partial charge on any atom is 0.417 e. The second kappa shape index (κ2) is 8.05. The van der Waals surface area contributed by atoms with Crippen LogP contribution in [-0.4, -0.2) is 30.0 Å². The molecule has 102 valence electrons. The van der Waals surface area contributed by atoms with Gasteiger partial charge >= 0.3 is 6.09 Å². The molecule has 0 aliphatic carbocycles. The number of nitrogens with zero attached hydrogens (tertiary/aromatic N) is 1. The molecule has 0 saturated heterocycles. The number of carbonyl (C=O) groups excluding carboxylic acids is 2. The summed E-state index contributed by atoms with van der Waals surface area (Å²) in [5.74, 6) is -0.480. The summed E-state index contributed by atoms with van der Waals surface area (Å²) < 4.78 is 5.09. The van der Waals surface area contributed by atoms with Crippen LogP contribution in [-0.2, 0) is 16.1 Å². The topological polar surface area (TPSA) is 72.6 Å². The van der Waals surface area contributed by atoms with Crippen LogP contribution in [0.1, 0.15) is 12.0 Å². The summed E-state index contributed by atoms with van der Waals surface area (Å²) in [4.78, 5) is 24.4. The van der Waals surface area contributed by atoms with Crippen LogP contribution in [0.15, 0.2) is 43.0 Å². The smallest absolute Gasteiger partial charge is 0.417 e. The average Bonchev–Trinajstić information content (AvgIpc) is 2.46. The highest BCUT2D eigenvalue weighted by atomic mass is 16.6. The number of nitrogens with two attached hydrogens (primary N) is 1. The normalized spacial score (nSPS) is 9.74. The van der Waals surface area contributed by atoms with Crippen LogP contribution in [0.5, 0.6) is 0 Å². The van der Waals surface area contributed by atoms with Crippen molar-refractivity contribution in [1.29, 1.82) is 0 Å². The zero-order valence-electron chi connectivity index (χ0n) is 10.7. The van der Waals surface area contributed by atoms with Gasteiger partial charge in [-0.1, -0.05) is 36.9 Å². The molecule has 0 radical (unpaired) electrons. The molecule has 5 nitrogen and oxygen atoms in total. The fourth-order valence-corrected chi connectivity index (χ4v) is 1.45. The van der Waals surface area contributed by atoms with Crippen molar-refractivity contribution < 1.29 is 14.3 Å². The van der Waals surface area contributed by atoms with Crippen molar-refractivity contribution in [1.82, 2.24) is 4.90 Å². The molecule has 19 heavy (non-hydrogen) atoms. The van der Waals surface area contributed by atoms with Gasteiger partial charge in [-0.3, -0.25) is 4.79 Å². The molecule has 0 bridgehead atoms. The van der Waals surface area contributed by atoms with Gasteiger partial charge in [0.25, 0.3) is 5.91 Å². The maximum atomic E-state index is 11.8. The van der Waals surface area contributed by atoms with Crippen molar-refractivity contribution in [3.63, 3.8) is 0 Å². The third-order valence-corrected chi connectivity index (χ3v) is 2.45. The first kappa shape index (κ1) is 14.9. The summed E-state index contributed by atoms with van der Waals surface area (Å²) in [6.45, 7) is 4.12. The SMILES string of the molecule is C=CC(=O)N(CCCN)C(=O)OCc1ccccc1. The van der Waals surface area contributed by atoms with Crippen LogP contribution in [0, 0.1) is 0 Å². The number of imide groups is 1. The van der Waals surface area contributed by atoms with Gasteiger partial charge in [-0.15, -0.1) is 0 Å². The molecule has 0 aliphatic rings. The zero-order valence-corrected chi connectivity index (χ0v) is 10.7. The number of hydrogen-bond acceptors (Lipinski definition) is 4. The second-order valence-corrected chi connectivity index (χ2v) is 3.88. The van der Waals surface area contributed by atoms with E-state index < -0.39 is 12.0 Å². The number of carbonyl (C=O) groups is 2. The molecule has 2 amide bonds. The zero-order chi connectivity index (χ0) is 14.1. The third-order valence-electron chi connectivity index (χ3n) is 2.45. The molecule has 0 spiro atoms. The molecule has 1 aromatic carbocycles. The monoisotopic (exact) mass is 262 g/mol. The minimum absolute atomic E-state index is 0.128. The summed E-state index contributed by atoms with van der Waals surface area (Å²) in [7, 11) is 0. The number of hydrogen-bond donors (Lipinski definition) is 1. The summed E-state index contributed by atoms with van der Waals surface area (Å²) in [6.07, 6.45) is 0.933. The lowest BCUT2D eigenvalue weighted by molar-refractivity contribution is -0.124. The molecule has 0 aliphatic heterocycles. The molecule has 0 heterocycles. The summed E-state index contributed by atoms with van der Waals surface area (Å²) in [5.41, 5.74) is 6.23. The van der Waals surface area contributed by atoms with Gasteiger partial charge < -0.3 is 10.5 Å². The molecule has 0 saturated carbocycles. The Bertz CT molecular complexity index is 432. The van der Waals surface area contributed by atoms with Crippen molar-refractivity contribution >= 4 is 12.0 Å². The fraction of sp³-hybridized carbons (Fsp3) is 0.286. The molecule has 0 aromatic heterocycles. The van der Waals surface area contributed by atoms with Gasteiger partial charge in [0.1, 0.15) is 6.61 Å². The van der Waals surface area contributed by atoms with E-state index in [1.165, 1.54) is 0 Å². The average molecular weight is 262 g/mol. The maximum absolute atomic E-state index is 11.8. The van der Waals surface area contributed by atoms with E-state index in [-0.39, 0.29) is 13.2 Å². The van der Waals surface area contributed by atoms with Crippen molar-refractivity contribution in [3.05, 3.63) is 48.6 Å². The van der Waals surface area contributed by atoms with Gasteiger partial charge in [0, 0.05) is 6.54 Å². The predicted octanol–water partition coefficient (Wildman–Crippen LogP) is 1.69. The van der Waals surface area contributed by atoms with Crippen molar-refractivity contribution in [2.75, 3.05) is 13.1 Å². The van der Waals surface area contributed by atoms with E-state index in [0.29, 0.717) is 13.0 Å². The van der Waals surface area contributed by atoms with E-state index in [2.05, 4.69) is 6.58 Å². The van der Waals surface area contributed by atoms with E-state index in [4.69, 9.17) is 10.5 Å². The molecular formula is C14H18N2O3. The Morgan fingerprint density at radius 3 is 2.58 bits per heavy atom. The van der Waals surface area contributed by atoms with Crippen LogP contribution in [0.25, 0.3) is 0 Å². The van der Waals surface area contributed by atoms with Gasteiger partial charge in [0.2, 0.25) is 0 Å². The lowest BCUT2D eigenvalue weighted by Crippen LogP contribution is -2.37. The number of ether oxygens (including phenoxy) is 1. The molecule has 0 unspecified atom stereocenters. The summed E-state index contributed by atoms with van der Waals surface area (Å²) >= 11 is 0. The first-order valence-electron chi connectivity index (χ1n) is 6.03. The number of amides is 2. The second-order valence-electron chi connectivity index (χ2n) is 3.88. The largest absolute Gasteiger partial charge is 0.444 e. The quantitative estimate of drug-likeness (QED) is 0.792. The van der Waals surface area contributed by atoms with E-state index in [0.717, 1.165) is 16.5 Å². The van der Waals surface area contributed by atoms with Gasteiger partial charge in [-0.05, 0) is 24.6 Å². The van der Waals surface area contributed by atoms with Gasteiger partial charge in [-0.25, -0.2) is 9.69 Å². The van der Waals surface area contributed by atoms with Crippen molar-refractivity contribution in [2.24, 2.45) is 5.73 Å². The van der Waals surface area contributed by atoms with Crippen molar-refractivity contribution in [3.8, 4) is 0 Å². The summed E-state index contributed by atoms with van der Waals surface area (Å²) in [5, 5.41) is 0. The van der Waals surface area contributed by atoms with Crippen molar-refractivity contribution in [2.45, 2.75) is 13.0 Å². The highest BCUT2D eigenvalue weighted by Crippen LogP contribution is 2.04. The highest BCUT2D eigenvalue weighted by Gasteiger charge is 2.19. The Morgan fingerprint density at radius 1 is 1.32 bits per heavy atom. The summed E-state index contributed by atoms with van der Waals surface area (Å²) in [6, 6.07) is 9.26. The van der Waals surface area contributed by atoms with E-state index >= 15 is 0 Å². The van der Waals surface area contributed by atoms with Gasteiger partial charge in [0.15, 0.2) is 0 Å². The Morgan fingerprint density at radius 2 is 2.00 bits per heavy atom. The Hall–Kier alpha value is -2.14. The molecule has 0 fully saturated rings. The molecule has 1 rings (SSSR count). The number of rotatable bonds is 6. The third kappa shape index (κ3) is 4.93. The molecular weight excluding hydrogens is 244 g/mol. The lowest BCUT2D eigenvalue weighted by atomic mass is 10.2. The van der Waals surface area contributed by atoms with Crippen LogP contribution < -0.4 is 5.73 Å². The predicted molar refractivity (Wildman–Crippen MR) is 72.2 cm³/mol. The molecule has 5 heteroatoms. The molecule has 0 atom stereocenters. The van der Waals surface area contributed by atoms with E-state index in [1.807, 2.05) is 30.3 Å². The standard InChI is InChI=1S/C14H18N2O3/c1-2-13(17)16(10-6-9-15)14(18)19-11-12-7-4-3-5-8-12/h2-5,7-8H,1,6,9-11,15H2. The van der Waals surface area contributed by atoms with Gasteiger partial charge in [0.05, 0.1) is 0 Å². The minimum atomic E-state index is -0.679. The van der Waals surface area contributed by atoms with Crippen LogP contribution in [0.2, 0.25) is 0 Å². The lowest BCUT2D eigenvalue weighted by Gasteiger charge is -2.18. The van der Waals surface area contributed by atoms with E-state index in [9.17, 15) is 9.59 Å². The van der Waals surface area contributed by atoms with Gasteiger partial charge in [-0.2, -0.15) is 0 Å². The Labute approximate surface area is 112 Å². The van der Waals surface area contributed by atoms with Crippen LogP contribution >= 0.6 is 0 Å². The Kier molecular flexibility index (Phi) is 6.32. The molecule has 2 N–H and O–H groups in total.